The molecule has 1 unspecified atom stereocenters. The Morgan fingerprint density at radius 3 is 2.75 bits per heavy atom. The number of rotatable bonds is 6. The van der Waals surface area contributed by atoms with Crippen molar-refractivity contribution in [1.82, 2.24) is 0 Å². The number of hydrogen-bond donors (Lipinski definition) is 1. The van der Waals surface area contributed by atoms with Gasteiger partial charge in [0, 0.05) is 10.5 Å². The van der Waals surface area contributed by atoms with E-state index in [1.165, 1.54) is 5.56 Å². The Kier molecular flexibility index (Phi) is 5.85. The summed E-state index contributed by atoms with van der Waals surface area (Å²) in [5, 5.41) is 0. The highest BCUT2D eigenvalue weighted by Gasteiger charge is 2.08. The molecule has 1 atom stereocenters. The van der Waals surface area contributed by atoms with Crippen LogP contribution in [0.2, 0.25) is 0 Å². The summed E-state index contributed by atoms with van der Waals surface area (Å²) >= 11 is 3.48. The minimum absolute atomic E-state index is 0.207. The molecule has 0 saturated heterocycles. The van der Waals surface area contributed by atoms with Crippen molar-refractivity contribution in [2.24, 2.45) is 5.73 Å². The van der Waals surface area contributed by atoms with Crippen molar-refractivity contribution in [1.29, 1.82) is 0 Å². The zero-order valence-electron chi connectivity index (χ0n) is 10.0. The molecule has 0 bridgehead atoms. The molecule has 0 spiro atoms. The first-order valence-corrected chi connectivity index (χ1v) is 6.63. The van der Waals surface area contributed by atoms with Gasteiger partial charge in [0.25, 0.3) is 0 Å². The summed E-state index contributed by atoms with van der Waals surface area (Å²) in [7, 11) is 0. The van der Waals surface area contributed by atoms with E-state index in [-0.39, 0.29) is 6.04 Å². The van der Waals surface area contributed by atoms with Crippen molar-refractivity contribution in [2.45, 2.75) is 39.2 Å². The third kappa shape index (κ3) is 4.14. The van der Waals surface area contributed by atoms with Crippen LogP contribution in [0.4, 0.5) is 0 Å². The van der Waals surface area contributed by atoms with Gasteiger partial charge in [-0.1, -0.05) is 29.8 Å². The SMILES string of the molecule is CCCOc1ccc(Br)cc1CC(N)CC. The second kappa shape index (κ2) is 6.92. The summed E-state index contributed by atoms with van der Waals surface area (Å²) in [6.45, 7) is 4.97. The fourth-order valence-electron chi connectivity index (χ4n) is 1.49. The van der Waals surface area contributed by atoms with Crippen molar-refractivity contribution in [3.8, 4) is 5.75 Å². The number of nitrogens with two attached hydrogens (primary N) is 1. The maximum absolute atomic E-state index is 5.98. The first-order valence-electron chi connectivity index (χ1n) is 5.84. The van der Waals surface area contributed by atoms with Gasteiger partial charge in [0.2, 0.25) is 0 Å². The van der Waals surface area contributed by atoms with E-state index in [1.807, 2.05) is 12.1 Å². The lowest BCUT2D eigenvalue weighted by Gasteiger charge is -2.14. The lowest BCUT2D eigenvalue weighted by atomic mass is 10.0. The number of hydrogen-bond acceptors (Lipinski definition) is 2. The first kappa shape index (κ1) is 13.5. The summed E-state index contributed by atoms with van der Waals surface area (Å²) in [5.74, 6) is 0.967. The molecule has 1 aromatic rings. The fraction of sp³-hybridized carbons (Fsp3) is 0.538. The van der Waals surface area contributed by atoms with E-state index >= 15 is 0 Å². The molecule has 0 saturated carbocycles. The second-order valence-corrected chi connectivity index (χ2v) is 4.89. The van der Waals surface area contributed by atoms with Gasteiger partial charge < -0.3 is 10.5 Å². The molecular formula is C13H20BrNO. The monoisotopic (exact) mass is 285 g/mol. The molecule has 0 aliphatic rings. The van der Waals surface area contributed by atoms with Crippen LogP contribution in [0.15, 0.2) is 22.7 Å². The van der Waals surface area contributed by atoms with E-state index in [9.17, 15) is 0 Å². The summed E-state index contributed by atoms with van der Waals surface area (Å²) in [6, 6.07) is 6.32. The molecule has 1 rings (SSSR count). The van der Waals surface area contributed by atoms with Gasteiger partial charge in [0.05, 0.1) is 6.61 Å². The molecule has 3 heteroatoms. The topological polar surface area (TPSA) is 35.2 Å². The molecule has 0 fully saturated rings. The van der Waals surface area contributed by atoms with Gasteiger partial charge in [-0.2, -0.15) is 0 Å². The van der Waals surface area contributed by atoms with Gasteiger partial charge >= 0.3 is 0 Å². The van der Waals surface area contributed by atoms with Crippen LogP contribution >= 0.6 is 15.9 Å². The zero-order valence-corrected chi connectivity index (χ0v) is 11.6. The lowest BCUT2D eigenvalue weighted by Crippen LogP contribution is -2.21. The summed E-state index contributed by atoms with van der Waals surface area (Å²) in [6.07, 6.45) is 2.88. The lowest BCUT2D eigenvalue weighted by molar-refractivity contribution is 0.313. The molecule has 0 radical (unpaired) electrons. The van der Waals surface area contributed by atoms with Crippen LogP contribution in [-0.2, 0) is 6.42 Å². The summed E-state index contributed by atoms with van der Waals surface area (Å²) in [4.78, 5) is 0. The van der Waals surface area contributed by atoms with E-state index in [2.05, 4.69) is 35.8 Å². The highest BCUT2D eigenvalue weighted by molar-refractivity contribution is 9.10. The van der Waals surface area contributed by atoms with E-state index in [0.717, 1.165) is 36.1 Å². The molecule has 0 amide bonds. The molecule has 0 aromatic heterocycles. The number of ether oxygens (including phenoxy) is 1. The van der Waals surface area contributed by atoms with E-state index in [4.69, 9.17) is 10.5 Å². The fourth-order valence-corrected chi connectivity index (χ4v) is 1.90. The smallest absolute Gasteiger partial charge is 0.122 e. The summed E-state index contributed by atoms with van der Waals surface area (Å²) < 4.78 is 6.79. The normalized spacial score (nSPS) is 12.5. The maximum atomic E-state index is 5.98. The molecule has 0 aliphatic heterocycles. The van der Waals surface area contributed by atoms with Gasteiger partial charge in [0.1, 0.15) is 5.75 Å². The van der Waals surface area contributed by atoms with Crippen molar-refractivity contribution in [3.63, 3.8) is 0 Å². The second-order valence-electron chi connectivity index (χ2n) is 3.97. The summed E-state index contributed by atoms with van der Waals surface area (Å²) in [5.41, 5.74) is 7.17. The predicted octanol–water partition coefficient (Wildman–Crippen LogP) is 3.52. The highest BCUT2D eigenvalue weighted by Crippen LogP contribution is 2.24. The Morgan fingerprint density at radius 1 is 1.38 bits per heavy atom. The standard InChI is InChI=1S/C13H20BrNO/c1-3-7-16-13-6-5-11(14)8-10(13)9-12(15)4-2/h5-6,8,12H,3-4,7,9,15H2,1-2H3. The first-order chi connectivity index (χ1) is 7.67. The number of halogens is 1. The van der Waals surface area contributed by atoms with Crippen LogP contribution in [0.3, 0.4) is 0 Å². The van der Waals surface area contributed by atoms with Crippen LogP contribution in [-0.4, -0.2) is 12.6 Å². The molecule has 16 heavy (non-hydrogen) atoms. The van der Waals surface area contributed by atoms with Gasteiger partial charge in [-0.3, -0.25) is 0 Å². The minimum atomic E-state index is 0.207. The third-order valence-electron chi connectivity index (χ3n) is 2.49. The highest BCUT2D eigenvalue weighted by atomic mass is 79.9. The van der Waals surface area contributed by atoms with Gasteiger partial charge in [-0.05, 0) is 43.0 Å². The third-order valence-corrected chi connectivity index (χ3v) is 2.98. The Hall–Kier alpha value is -0.540. The maximum Gasteiger partial charge on any atom is 0.122 e. The molecule has 0 heterocycles. The van der Waals surface area contributed by atoms with Crippen molar-refractivity contribution >= 4 is 15.9 Å². The van der Waals surface area contributed by atoms with E-state index < -0.39 is 0 Å². The van der Waals surface area contributed by atoms with Crippen molar-refractivity contribution in [2.75, 3.05) is 6.61 Å². The Balaban J connectivity index is 2.80. The van der Waals surface area contributed by atoms with E-state index in [0.29, 0.717) is 0 Å². The van der Waals surface area contributed by atoms with Gasteiger partial charge in [0.15, 0.2) is 0 Å². The average Bonchev–Trinajstić information content (AvgIpc) is 2.28. The van der Waals surface area contributed by atoms with Gasteiger partial charge in [-0.25, -0.2) is 0 Å². The van der Waals surface area contributed by atoms with E-state index in [1.54, 1.807) is 0 Å². The average molecular weight is 286 g/mol. The molecule has 2 N–H and O–H groups in total. The van der Waals surface area contributed by atoms with Gasteiger partial charge in [-0.15, -0.1) is 0 Å². The van der Waals surface area contributed by atoms with Crippen LogP contribution in [0.25, 0.3) is 0 Å². The Labute approximate surface area is 106 Å². The molecule has 1 aromatic carbocycles. The largest absolute Gasteiger partial charge is 0.493 e. The molecule has 90 valence electrons. The van der Waals surface area contributed by atoms with Crippen LogP contribution in [0.5, 0.6) is 5.75 Å². The Morgan fingerprint density at radius 2 is 2.12 bits per heavy atom. The Bertz CT molecular complexity index is 328. The molecular weight excluding hydrogens is 266 g/mol. The number of benzene rings is 1. The molecule has 2 nitrogen and oxygen atoms in total. The minimum Gasteiger partial charge on any atom is -0.493 e. The van der Waals surface area contributed by atoms with Crippen LogP contribution in [0.1, 0.15) is 32.3 Å². The molecule has 0 aliphatic carbocycles. The van der Waals surface area contributed by atoms with Crippen LogP contribution in [0, 0.1) is 0 Å². The van der Waals surface area contributed by atoms with Crippen molar-refractivity contribution in [3.05, 3.63) is 28.2 Å². The predicted molar refractivity (Wildman–Crippen MR) is 71.9 cm³/mol. The van der Waals surface area contributed by atoms with Crippen molar-refractivity contribution < 1.29 is 4.74 Å². The quantitative estimate of drug-likeness (QED) is 0.868. The zero-order chi connectivity index (χ0) is 12.0. The van der Waals surface area contributed by atoms with Crippen LogP contribution < -0.4 is 10.5 Å².